The lowest BCUT2D eigenvalue weighted by atomic mass is 9.92. The van der Waals surface area contributed by atoms with Crippen LogP contribution in [0.1, 0.15) is 35.2 Å². The molecule has 0 bridgehead atoms. The van der Waals surface area contributed by atoms with E-state index in [0.29, 0.717) is 18.4 Å². The van der Waals surface area contributed by atoms with E-state index in [1.807, 2.05) is 60.7 Å². The van der Waals surface area contributed by atoms with Crippen LogP contribution in [-0.2, 0) is 30.5 Å². The van der Waals surface area contributed by atoms with Crippen LogP contribution in [-0.4, -0.2) is 16.2 Å². The van der Waals surface area contributed by atoms with Gasteiger partial charge >= 0.3 is 5.97 Å². The monoisotopic (exact) mass is 447 g/mol. The van der Waals surface area contributed by atoms with E-state index in [4.69, 9.17) is 16.1 Å². The summed E-state index contributed by atoms with van der Waals surface area (Å²) in [5, 5.41) is 15.7. The first-order valence-electron chi connectivity index (χ1n) is 11.0. The lowest BCUT2D eigenvalue weighted by molar-refractivity contribution is -0.142. The molecule has 0 radical (unpaired) electrons. The van der Waals surface area contributed by atoms with Crippen molar-refractivity contribution >= 4 is 28.5 Å². The number of aliphatic carboxylic acids is 1. The van der Waals surface area contributed by atoms with Crippen molar-refractivity contribution in [3.63, 3.8) is 0 Å². The molecule has 0 spiro atoms. The lowest BCUT2D eigenvalue weighted by Gasteiger charge is -2.12. The molecule has 0 aliphatic carbocycles. The molecule has 0 amide bonds. The average Bonchev–Trinajstić information content (AvgIpc) is 3.21. The van der Waals surface area contributed by atoms with Crippen LogP contribution in [0.25, 0.3) is 11.0 Å². The fourth-order valence-corrected chi connectivity index (χ4v) is 4.18. The molecule has 1 heterocycles. The third kappa shape index (κ3) is 5.77. The Hall–Kier alpha value is -3.11. The number of aromatic nitrogens is 1. The topological polar surface area (TPSA) is 63.3 Å². The number of carboxylic acid groups (broad SMARTS) is 1. The van der Waals surface area contributed by atoms with Gasteiger partial charge < -0.3 is 9.63 Å². The lowest BCUT2D eigenvalue weighted by Crippen LogP contribution is -2.16. The minimum absolute atomic E-state index is 0.413. The molecule has 32 heavy (non-hydrogen) atoms. The molecule has 1 atom stereocenters. The van der Waals surface area contributed by atoms with Gasteiger partial charge in [-0.05, 0) is 79.5 Å². The van der Waals surface area contributed by atoms with Crippen molar-refractivity contribution in [2.75, 3.05) is 0 Å². The van der Waals surface area contributed by atoms with E-state index >= 15 is 0 Å². The molecule has 0 aliphatic heterocycles. The van der Waals surface area contributed by atoms with E-state index < -0.39 is 11.9 Å². The molecule has 0 saturated carbocycles. The maximum absolute atomic E-state index is 11.8. The highest BCUT2D eigenvalue weighted by atomic mass is 35.5. The van der Waals surface area contributed by atoms with Gasteiger partial charge in [0.1, 0.15) is 0 Å². The van der Waals surface area contributed by atoms with Crippen LogP contribution in [0.2, 0.25) is 5.02 Å². The Balaban J connectivity index is 1.37. The Morgan fingerprint density at radius 2 is 1.62 bits per heavy atom. The SMILES string of the molecule is O=C(O)C(CCCc1ccccc1)Cc1ccc2c(CCc3ccc(Cl)cc3)noc2c1. The Kier molecular flexibility index (Phi) is 7.23. The summed E-state index contributed by atoms with van der Waals surface area (Å²) in [5.74, 6) is -1.16. The maximum Gasteiger partial charge on any atom is 0.306 e. The third-order valence-electron chi connectivity index (χ3n) is 5.87. The second kappa shape index (κ2) is 10.5. The average molecular weight is 448 g/mol. The molecular formula is C27H26ClNO3. The fourth-order valence-electron chi connectivity index (χ4n) is 4.05. The van der Waals surface area contributed by atoms with Crippen LogP contribution >= 0.6 is 11.6 Å². The van der Waals surface area contributed by atoms with Crippen LogP contribution < -0.4 is 0 Å². The van der Waals surface area contributed by atoms with Gasteiger partial charge in [0, 0.05) is 10.4 Å². The number of rotatable bonds is 10. The summed E-state index contributed by atoms with van der Waals surface area (Å²) in [6, 6.07) is 23.9. The maximum atomic E-state index is 11.8. The second-order valence-corrected chi connectivity index (χ2v) is 8.64. The molecule has 4 nitrogen and oxygen atoms in total. The van der Waals surface area contributed by atoms with Gasteiger partial charge in [-0.1, -0.05) is 65.3 Å². The quantitative estimate of drug-likeness (QED) is 0.300. The number of nitrogens with zero attached hydrogens (tertiary/aromatic N) is 1. The Morgan fingerprint density at radius 1 is 0.906 bits per heavy atom. The van der Waals surface area contributed by atoms with Gasteiger partial charge in [0.25, 0.3) is 0 Å². The Morgan fingerprint density at radius 3 is 2.38 bits per heavy atom. The summed E-state index contributed by atoms with van der Waals surface area (Å²) >= 11 is 5.95. The van der Waals surface area contributed by atoms with Crippen molar-refractivity contribution in [1.82, 2.24) is 5.16 Å². The molecular weight excluding hydrogens is 422 g/mol. The summed E-state index contributed by atoms with van der Waals surface area (Å²) in [6.45, 7) is 0. The summed E-state index contributed by atoms with van der Waals surface area (Å²) in [6.07, 6.45) is 4.49. The molecule has 4 rings (SSSR count). The smallest absolute Gasteiger partial charge is 0.306 e. The summed E-state index contributed by atoms with van der Waals surface area (Å²) in [5.41, 5.74) is 5.03. The zero-order valence-electron chi connectivity index (χ0n) is 17.8. The van der Waals surface area contributed by atoms with Crippen LogP contribution in [0.5, 0.6) is 0 Å². The number of halogens is 1. The van der Waals surface area contributed by atoms with Crippen LogP contribution in [0.4, 0.5) is 0 Å². The highest BCUT2D eigenvalue weighted by molar-refractivity contribution is 6.30. The summed E-state index contributed by atoms with van der Waals surface area (Å²) in [4.78, 5) is 11.8. The minimum Gasteiger partial charge on any atom is -0.481 e. The summed E-state index contributed by atoms with van der Waals surface area (Å²) in [7, 11) is 0. The Bertz CT molecular complexity index is 1170. The highest BCUT2D eigenvalue weighted by Gasteiger charge is 2.19. The molecule has 4 aromatic rings. The number of carboxylic acids is 1. The van der Waals surface area contributed by atoms with Crippen LogP contribution in [0, 0.1) is 5.92 Å². The van der Waals surface area contributed by atoms with Crippen molar-refractivity contribution in [2.45, 2.75) is 38.5 Å². The molecule has 164 valence electrons. The minimum atomic E-state index is -0.751. The van der Waals surface area contributed by atoms with Gasteiger partial charge in [-0.3, -0.25) is 4.79 Å². The molecule has 1 unspecified atom stereocenters. The van der Waals surface area contributed by atoms with Crippen LogP contribution in [0.15, 0.2) is 77.3 Å². The molecule has 3 aromatic carbocycles. The molecule has 0 aliphatic rings. The van der Waals surface area contributed by atoms with Gasteiger partial charge in [-0.2, -0.15) is 0 Å². The van der Waals surface area contributed by atoms with Gasteiger partial charge in [-0.25, -0.2) is 0 Å². The molecule has 0 saturated heterocycles. The number of fused-ring (bicyclic) bond motifs is 1. The molecule has 0 fully saturated rings. The van der Waals surface area contributed by atoms with E-state index in [0.717, 1.165) is 47.3 Å². The van der Waals surface area contributed by atoms with E-state index in [-0.39, 0.29) is 0 Å². The largest absolute Gasteiger partial charge is 0.481 e. The third-order valence-corrected chi connectivity index (χ3v) is 6.12. The van der Waals surface area contributed by atoms with Gasteiger partial charge in [0.15, 0.2) is 5.58 Å². The first-order valence-corrected chi connectivity index (χ1v) is 11.3. The van der Waals surface area contributed by atoms with E-state index in [1.54, 1.807) is 0 Å². The zero-order chi connectivity index (χ0) is 22.3. The predicted octanol–water partition coefficient (Wildman–Crippen LogP) is 6.53. The van der Waals surface area contributed by atoms with Crippen molar-refractivity contribution in [3.05, 3.63) is 100 Å². The van der Waals surface area contributed by atoms with E-state index in [9.17, 15) is 9.90 Å². The van der Waals surface area contributed by atoms with Crippen LogP contribution in [0.3, 0.4) is 0 Å². The molecule has 5 heteroatoms. The van der Waals surface area contributed by atoms with Gasteiger partial charge in [0.2, 0.25) is 0 Å². The second-order valence-electron chi connectivity index (χ2n) is 8.20. The number of aryl methyl sites for hydroxylation is 3. The number of benzene rings is 3. The molecule has 1 aromatic heterocycles. The predicted molar refractivity (Wildman–Crippen MR) is 127 cm³/mol. The standard InChI is InChI=1S/C27H26ClNO3/c28-23-13-9-20(10-14-23)12-16-25-24-15-11-21(18-26(24)32-29-25)17-22(27(30)31)8-4-7-19-5-2-1-3-6-19/h1-3,5-6,9-11,13-15,18,22H,4,7-8,12,16-17H2,(H,30,31). The summed E-state index contributed by atoms with van der Waals surface area (Å²) < 4.78 is 5.56. The number of hydrogen-bond acceptors (Lipinski definition) is 3. The van der Waals surface area contributed by atoms with E-state index in [2.05, 4.69) is 17.3 Å². The Labute approximate surface area is 192 Å². The first-order chi connectivity index (χ1) is 15.6. The first kappa shape index (κ1) is 22.1. The zero-order valence-corrected chi connectivity index (χ0v) is 18.6. The normalized spacial score (nSPS) is 12.2. The fraction of sp³-hybridized carbons (Fsp3) is 0.259. The van der Waals surface area contributed by atoms with Crippen molar-refractivity contribution in [2.24, 2.45) is 5.92 Å². The van der Waals surface area contributed by atoms with Crippen molar-refractivity contribution < 1.29 is 14.4 Å². The number of carbonyl (C=O) groups is 1. The number of hydrogen-bond donors (Lipinski definition) is 1. The van der Waals surface area contributed by atoms with Crippen molar-refractivity contribution in [1.29, 1.82) is 0 Å². The van der Waals surface area contributed by atoms with Gasteiger partial charge in [0.05, 0.1) is 11.6 Å². The highest BCUT2D eigenvalue weighted by Crippen LogP contribution is 2.24. The van der Waals surface area contributed by atoms with Gasteiger partial charge in [-0.15, -0.1) is 0 Å². The van der Waals surface area contributed by atoms with E-state index in [1.165, 1.54) is 11.1 Å². The molecule has 1 N–H and O–H groups in total. The van der Waals surface area contributed by atoms with Crippen molar-refractivity contribution in [3.8, 4) is 0 Å².